The van der Waals surface area contributed by atoms with E-state index in [2.05, 4.69) is 15.3 Å². The van der Waals surface area contributed by atoms with Gasteiger partial charge in [-0.25, -0.2) is 9.97 Å². The third kappa shape index (κ3) is 2.52. The van der Waals surface area contributed by atoms with Crippen LogP contribution < -0.4 is 5.32 Å². The minimum Gasteiger partial charge on any atom is -0.340 e. The highest BCUT2D eigenvalue weighted by Crippen LogP contribution is 2.25. The maximum Gasteiger partial charge on any atom is 0.145 e. The maximum absolute atomic E-state index is 8.74. The predicted molar refractivity (Wildman–Crippen MR) is 66.2 cm³/mol. The first kappa shape index (κ1) is 11.4. The van der Waals surface area contributed by atoms with Crippen LogP contribution in [0.25, 0.3) is 0 Å². The van der Waals surface area contributed by atoms with Crippen molar-refractivity contribution >= 4 is 23.1 Å². The van der Waals surface area contributed by atoms with Gasteiger partial charge in [-0.3, -0.25) is 0 Å². The van der Waals surface area contributed by atoms with E-state index in [0.29, 0.717) is 16.5 Å². The number of aromatic nitrogens is 2. The van der Waals surface area contributed by atoms with Crippen molar-refractivity contribution in [1.29, 1.82) is 5.26 Å². The number of halogens is 1. The summed E-state index contributed by atoms with van der Waals surface area (Å²) in [6, 6.07) is 9.12. The number of rotatable bonds is 2. The summed E-state index contributed by atoms with van der Waals surface area (Å²) in [5, 5.41) is 12.5. The first-order chi connectivity index (χ1) is 8.20. The Kier molecular flexibility index (Phi) is 3.22. The lowest BCUT2D eigenvalue weighted by Gasteiger charge is -2.09. The number of benzene rings is 1. The Bertz CT molecular complexity index is 589. The summed E-state index contributed by atoms with van der Waals surface area (Å²) in [5.74, 6) is 0.571. The van der Waals surface area contributed by atoms with Gasteiger partial charge in [0.2, 0.25) is 0 Å². The highest BCUT2D eigenvalue weighted by Gasteiger charge is 2.03. The summed E-state index contributed by atoms with van der Waals surface area (Å²) in [6.45, 7) is 1.91. The van der Waals surface area contributed by atoms with E-state index in [4.69, 9.17) is 16.9 Å². The predicted octanol–water partition coefficient (Wildman–Crippen LogP) is 3.05. The van der Waals surface area contributed by atoms with Crippen molar-refractivity contribution in [3.05, 3.63) is 46.9 Å². The van der Waals surface area contributed by atoms with E-state index in [-0.39, 0.29) is 0 Å². The van der Waals surface area contributed by atoms with Gasteiger partial charge < -0.3 is 5.32 Å². The first-order valence-corrected chi connectivity index (χ1v) is 5.33. The molecule has 4 nitrogen and oxygen atoms in total. The second-order valence-electron chi connectivity index (χ2n) is 3.44. The number of anilines is 2. The Labute approximate surface area is 104 Å². The molecule has 2 aromatic rings. The third-order valence-corrected chi connectivity index (χ3v) is 2.72. The molecule has 1 N–H and O–H groups in total. The average molecular weight is 245 g/mol. The minimum absolute atomic E-state index is 0.321. The average Bonchev–Trinajstić information content (AvgIpc) is 2.35. The smallest absolute Gasteiger partial charge is 0.145 e. The molecule has 0 saturated heterocycles. The molecule has 5 heteroatoms. The Morgan fingerprint density at radius 3 is 2.94 bits per heavy atom. The standard InChI is InChI=1S/C12H9ClN4/c1-8-10(13)3-2-4-11(8)17-12-5-9(6-14)15-7-16-12/h2-5,7H,1H3,(H,15,16,17). The van der Waals surface area contributed by atoms with Gasteiger partial charge in [-0.2, -0.15) is 5.26 Å². The molecule has 1 heterocycles. The largest absolute Gasteiger partial charge is 0.340 e. The van der Waals surface area contributed by atoms with Gasteiger partial charge in [-0.05, 0) is 24.6 Å². The molecule has 0 radical (unpaired) electrons. The fourth-order valence-corrected chi connectivity index (χ4v) is 1.54. The summed E-state index contributed by atoms with van der Waals surface area (Å²) in [6.07, 6.45) is 1.35. The monoisotopic (exact) mass is 244 g/mol. The number of hydrogen-bond acceptors (Lipinski definition) is 4. The fourth-order valence-electron chi connectivity index (χ4n) is 1.37. The third-order valence-electron chi connectivity index (χ3n) is 2.31. The molecule has 0 unspecified atom stereocenters. The van der Waals surface area contributed by atoms with Gasteiger partial charge in [0, 0.05) is 16.8 Å². The van der Waals surface area contributed by atoms with E-state index in [0.717, 1.165) is 11.3 Å². The molecule has 0 aliphatic carbocycles. The summed E-state index contributed by atoms with van der Waals surface area (Å²) in [4.78, 5) is 7.84. The lowest BCUT2D eigenvalue weighted by atomic mass is 10.2. The molecule has 17 heavy (non-hydrogen) atoms. The SMILES string of the molecule is Cc1c(Cl)cccc1Nc1cc(C#N)ncn1. The normalized spacial score (nSPS) is 9.71. The zero-order valence-corrected chi connectivity index (χ0v) is 9.86. The van der Waals surface area contributed by atoms with Crippen molar-refractivity contribution in [2.45, 2.75) is 6.92 Å². The summed E-state index contributed by atoms with van der Waals surface area (Å²) in [5.41, 5.74) is 2.12. The number of nitriles is 1. The van der Waals surface area contributed by atoms with Crippen molar-refractivity contribution in [1.82, 2.24) is 9.97 Å². The van der Waals surface area contributed by atoms with Crippen LogP contribution in [0, 0.1) is 18.3 Å². The Hall–Kier alpha value is -2.12. The number of hydrogen-bond donors (Lipinski definition) is 1. The van der Waals surface area contributed by atoms with Gasteiger partial charge in [0.15, 0.2) is 0 Å². The van der Waals surface area contributed by atoms with Gasteiger partial charge in [-0.15, -0.1) is 0 Å². The molecule has 0 saturated carbocycles. The Morgan fingerprint density at radius 1 is 1.35 bits per heavy atom. The number of nitrogens with one attached hydrogen (secondary N) is 1. The molecule has 0 aliphatic heterocycles. The van der Waals surface area contributed by atoms with E-state index < -0.39 is 0 Å². The second kappa shape index (κ2) is 4.81. The van der Waals surface area contributed by atoms with E-state index >= 15 is 0 Å². The molecular formula is C12H9ClN4. The molecule has 1 aromatic carbocycles. The van der Waals surface area contributed by atoms with Crippen molar-refractivity contribution < 1.29 is 0 Å². The van der Waals surface area contributed by atoms with E-state index in [9.17, 15) is 0 Å². The van der Waals surface area contributed by atoms with Crippen molar-refractivity contribution in [3.63, 3.8) is 0 Å². The number of nitrogens with zero attached hydrogens (tertiary/aromatic N) is 3. The molecule has 0 bridgehead atoms. The summed E-state index contributed by atoms with van der Waals surface area (Å²) >= 11 is 6.01. The molecule has 0 aliphatic rings. The second-order valence-corrected chi connectivity index (χ2v) is 3.84. The topological polar surface area (TPSA) is 61.6 Å². The van der Waals surface area contributed by atoms with Gasteiger partial charge in [0.25, 0.3) is 0 Å². The maximum atomic E-state index is 8.74. The molecule has 0 fully saturated rings. The highest BCUT2D eigenvalue weighted by molar-refractivity contribution is 6.31. The molecule has 0 amide bonds. The molecule has 2 rings (SSSR count). The summed E-state index contributed by atoms with van der Waals surface area (Å²) in [7, 11) is 0. The fraction of sp³-hybridized carbons (Fsp3) is 0.0833. The highest BCUT2D eigenvalue weighted by atomic mass is 35.5. The van der Waals surface area contributed by atoms with E-state index in [1.165, 1.54) is 6.33 Å². The van der Waals surface area contributed by atoms with Crippen LogP contribution in [0.15, 0.2) is 30.6 Å². The first-order valence-electron chi connectivity index (χ1n) is 4.95. The van der Waals surface area contributed by atoms with Gasteiger partial charge in [-0.1, -0.05) is 17.7 Å². The zero-order chi connectivity index (χ0) is 12.3. The van der Waals surface area contributed by atoms with Crippen LogP contribution in [0.4, 0.5) is 11.5 Å². The molecule has 1 aromatic heterocycles. The quantitative estimate of drug-likeness (QED) is 0.882. The lowest BCUT2D eigenvalue weighted by molar-refractivity contribution is 1.14. The van der Waals surface area contributed by atoms with Gasteiger partial charge in [0.05, 0.1) is 0 Å². The Morgan fingerprint density at radius 2 is 2.18 bits per heavy atom. The molecule has 84 valence electrons. The molecular weight excluding hydrogens is 236 g/mol. The van der Waals surface area contributed by atoms with Crippen molar-refractivity contribution in [3.8, 4) is 6.07 Å². The van der Waals surface area contributed by atoms with Gasteiger partial charge in [0.1, 0.15) is 23.9 Å². The van der Waals surface area contributed by atoms with Crippen LogP contribution in [0.3, 0.4) is 0 Å². The van der Waals surface area contributed by atoms with Crippen LogP contribution in [-0.4, -0.2) is 9.97 Å². The van der Waals surface area contributed by atoms with E-state index in [1.54, 1.807) is 6.07 Å². The zero-order valence-electron chi connectivity index (χ0n) is 9.11. The minimum atomic E-state index is 0.321. The lowest BCUT2D eigenvalue weighted by Crippen LogP contribution is -1.97. The van der Waals surface area contributed by atoms with E-state index in [1.807, 2.05) is 31.2 Å². The summed E-state index contributed by atoms with van der Waals surface area (Å²) < 4.78 is 0. The van der Waals surface area contributed by atoms with Crippen LogP contribution >= 0.6 is 11.6 Å². The molecule has 0 atom stereocenters. The van der Waals surface area contributed by atoms with Crippen molar-refractivity contribution in [2.75, 3.05) is 5.32 Å². The van der Waals surface area contributed by atoms with Gasteiger partial charge >= 0.3 is 0 Å². The van der Waals surface area contributed by atoms with Crippen molar-refractivity contribution in [2.24, 2.45) is 0 Å². The van der Waals surface area contributed by atoms with Crippen LogP contribution in [0.5, 0.6) is 0 Å². The Balaban J connectivity index is 2.32. The van der Waals surface area contributed by atoms with Crippen LogP contribution in [0.2, 0.25) is 5.02 Å². The van der Waals surface area contributed by atoms with Crippen LogP contribution in [-0.2, 0) is 0 Å². The van der Waals surface area contributed by atoms with Crippen LogP contribution in [0.1, 0.15) is 11.3 Å². The molecule has 0 spiro atoms.